The van der Waals surface area contributed by atoms with Gasteiger partial charge in [-0.1, -0.05) is 84.9 Å². The molecule has 2 heteroatoms. The van der Waals surface area contributed by atoms with Gasteiger partial charge in [0.2, 0.25) is 0 Å². The SMILES string of the molecule is c1ccc(CNc2ccc(OCc3ccccc3)c3ccccc23)cc1. The zero-order valence-corrected chi connectivity index (χ0v) is 14.6. The van der Waals surface area contributed by atoms with E-state index in [4.69, 9.17) is 4.74 Å². The highest BCUT2D eigenvalue weighted by atomic mass is 16.5. The molecule has 0 amide bonds. The smallest absolute Gasteiger partial charge is 0.127 e. The first-order valence-electron chi connectivity index (χ1n) is 8.86. The lowest BCUT2D eigenvalue weighted by Crippen LogP contribution is -2.01. The molecule has 0 aromatic heterocycles. The normalized spacial score (nSPS) is 10.6. The number of ether oxygens (including phenoxy) is 1. The van der Waals surface area contributed by atoms with Crippen molar-refractivity contribution in [2.75, 3.05) is 5.32 Å². The minimum Gasteiger partial charge on any atom is -0.488 e. The van der Waals surface area contributed by atoms with Gasteiger partial charge in [-0.2, -0.15) is 0 Å². The van der Waals surface area contributed by atoms with Gasteiger partial charge >= 0.3 is 0 Å². The van der Waals surface area contributed by atoms with E-state index in [1.807, 2.05) is 24.3 Å². The molecule has 0 unspecified atom stereocenters. The largest absolute Gasteiger partial charge is 0.488 e. The van der Waals surface area contributed by atoms with Gasteiger partial charge in [-0.05, 0) is 23.3 Å². The first kappa shape index (κ1) is 16.2. The van der Waals surface area contributed by atoms with Crippen molar-refractivity contribution in [2.24, 2.45) is 0 Å². The van der Waals surface area contributed by atoms with Crippen LogP contribution < -0.4 is 10.1 Å². The van der Waals surface area contributed by atoms with Crippen LogP contribution in [0.25, 0.3) is 10.8 Å². The van der Waals surface area contributed by atoms with Gasteiger partial charge in [-0.25, -0.2) is 0 Å². The quantitative estimate of drug-likeness (QED) is 0.463. The molecular weight excluding hydrogens is 318 g/mol. The standard InChI is InChI=1S/C24H21NO/c1-3-9-19(10-4-1)17-25-23-15-16-24(22-14-8-7-13-21(22)23)26-18-20-11-5-2-6-12-20/h1-16,25H,17-18H2. The highest BCUT2D eigenvalue weighted by Gasteiger charge is 2.07. The summed E-state index contributed by atoms with van der Waals surface area (Å²) in [4.78, 5) is 0. The van der Waals surface area contributed by atoms with Crippen molar-refractivity contribution < 1.29 is 4.74 Å². The van der Waals surface area contributed by atoms with E-state index < -0.39 is 0 Å². The van der Waals surface area contributed by atoms with Crippen molar-refractivity contribution >= 4 is 16.5 Å². The maximum absolute atomic E-state index is 6.10. The highest BCUT2D eigenvalue weighted by Crippen LogP contribution is 2.32. The molecule has 0 bridgehead atoms. The van der Waals surface area contributed by atoms with Gasteiger partial charge in [0.15, 0.2) is 0 Å². The lowest BCUT2D eigenvalue weighted by atomic mass is 10.1. The Morgan fingerprint density at radius 1 is 0.577 bits per heavy atom. The molecule has 4 aromatic rings. The first-order valence-corrected chi connectivity index (χ1v) is 8.86. The predicted molar refractivity (Wildman–Crippen MR) is 108 cm³/mol. The van der Waals surface area contributed by atoms with E-state index in [9.17, 15) is 0 Å². The minimum atomic E-state index is 0.571. The van der Waals surface area contributed by atoms with Gasteiger partial charge in [0, 0.05) is 23.0 Å². The second kappa shape index (κ2) is 7.75. The van der Waals surface area contributed by atoms with Crippen LogP contribution in [0.5, 0.6) is 5.75 Å². The van der Waals surface area contributed by atoms with E-state index in [1.165, 1.54) is 16.5 Å². The third-order valence-electron chi connectivity index (χ3n) is 4.45. The topological polar surface area (TPSA) is 21.3 Å². The van der Waals surface area contributed by atoms with Crippen LogP contribution in [0.15, 0.2) is 97.1 Å². The number of hydrogen-bond acceptors (Lipinski definition) is 2. The molecule has 0 aliphatic rings. The van der Waals surface area contributed by atoms with Crippen LogP contribution in [0, 0.1) is 0 Å². The summed E-state index contributed by atoms with van der Waals surface area (Å²) in [6, 6.07) is 33.2. The van der Waals surface area contributed by atoms with Gasteiger partial charge in [0.25, 0.3) is 0 Å². The summed E-state index contributed by atoms with van der Waals surface area (Å²) in [6.07, 6.45) is 0. The zero-order valence-electron chi connectivity index (χ0n) is 14.6. The van der Waals surface area contributed by atoms with E-state index in [0.29, 0.717) is 6.61 Å². The Morgan fingerprint density at radius 3 is 1.92 bits per heavy atom. The average molecular weight is 339 g/mol. The van der Waals surface area contributed by atoms with Crippen molar-refractivity contribution in [1.29, 1.82) is 0 Å². The number of anilines is 1. The molecule has 1 N–H and O–H groups in total. The van der Waals surface area contributed by atoms with Gasteiger partial charge in [-0.3, -0.25) is 0 Å². The molecule has 4 aromatic carbocycles. The molecule has 0 aliphatic heterocycles. The molecule has 128 valence electrons. The Bertz CT molecular complexity index is 899. The van der Waals surface area contributed by atoms with E-state index in [-0.39, 0.29) is 0 Å². The van der Waals surface area contributed by atoms with Crippen LogP contribution in [0.4, 0.5) is 5.69 Å². The molecule has 0 aliphatic carbocycles. The summed E-state index contributed by atoms with van der Waals surface area (Å²) in [5.41, 5.74) is 3.56. The number of benzene rings is 4. The molecule has 4 rings (SSSR count). The summed E-state index contributed by atoms with van der Waals surface area (Å²) >= 11 is 0. The fourth-order valence-electron chi connectivity index (χ4n) is 3.08. The third-order valence-corrected chi connectivity index (χ3v) is 4.45. The van der Waals surface area contributed by atoms with Crippen LogP contribution in [0.3, 0.4) is 0 Å². The van der Waals surface area contributed by atoms with Crippen LogP contribution >= 0.6 is 0 Å². The Hall–Kier alpha value is -3.26. The summed E-state index contributed by atoms with van der Waals surface area (Å²) in [5, 5.41) is 5.85. The minimum absolute atomic E-state index is 0.571. The maximum Gasteiger partial charge on any atom is 0.127 e. The Labute approximate surface area is 154 Å². The van der Waals surface area contributed by atoms with Crippen LogP contribution in [-0.2, 0) is 13.2 Å². The van der Waals surface area contributed by atoms with Crippen molar-refractivity contribution in [1.82, 2.24) is 0 Å². The number of fused-ring (bicyclic) bond motifs is 1. The average Bonchev–Trinajstić information content (AvgIpc) is 2.72. The molecule has 0 radical (unpaired) electrons. The highest BCUT2D eigenvalue weighted by molar-refractivity contribution is 5.97. The van der Waals surface area contributed by atoms with E-state index in [1.54, 1.807) is 0 Å². The van der Waals surface area contributed by atoms with Crippen LogP contribution in [0.1, 0.15) is 11.1 Å². The van der Waals surface area contributed by atoms with Crippen molar-refractivity contribution in [3.05, 3.63) is 108 Å². The Kier molecular flexibility index (Phi) is 4.83. The molecule has 0 spiro atoms. The fraction of sp³-hybridized carbons (Fsp3) is 0.0833. The number of hydrogen-bond donors (Lipinski definition) is 1. The fourth-order valence-corrected chi connectivity index (χ4v) is 3.08. The lowest BCUT2D eigenvalue weighted by molar-refractivity contribution is 0.310. The van der Waals surface area contributed by atoms with Crippen molar-refractivity contribution in [3.8, 4) is 5.75 Å². The van der Waals surface area contributed by atoms with Gasteiger partial charge in [-0.15, -0.1) is 0 Å². The Morgan fingerprint density at radius 2 is 1.19 bits per heavy atom. The molecule has 2 nitrogen and oxygen atoms in total. The molecule has 26 heavy (non-hydrogen) atoms. The number of nitrogens with one attached hydrogen (secondary N) is 1. The molecule has 0 saturated carbocycles. The zero-order chi connectivity index (χ0) is 17.6. The monoisotopic (exact) mass is 339 g/mol. The molecular formula is C24H21NO. The third kappa shape index (κ3) is 3.70. The molecule has 0 heterocycles. The van der Waals surface area contributed by atoms with Gasteiger partial charge in [0.1, 0.15) is 12.4 Å². The van der Waals surface area contributed by atoms with Crippen molar-refractivity contribution in [3.63, 3.8) is 0 Å². The summed E-state index contributed by atoms with van der Waals surface area (Å²) in [5.74, 6) is 0.912. The summed E-state index contributed by atoms with van der Waals surface area (Å²) in [6.45, 7) is 1.37. The van der Waals surface area contributed by atoms with Crippen LogP contribution in [-0.4, -0.2) is 0 Å². The Balaban J connectivity index is 1.57. The lowest BCUT2D eigenvalue weighted by Gasteiger charge is -2.14. The second-order valence-corrected chi connectivity index (χ2v) is 6.27. The van der Waals surface area contributed by atoms with Gasteiger partial charge < -0.3 is 10.1 Å². The van der Waals surface area contributed by atoms with Crippen molar-refractivity contribution in [2.45, 2.75) is 13.2 Å². The maximum atomic E-state index is 6.10. The summed E-state index contributed by atoms with van der Waals surface area (Å²) < 4.78 is 6.10. The second-order valence-electron chi connectivity index (χ2n) is 6.27. The van der Waals surface area contributed by atoms with E-state index >= 15 is 0 Å². The number of rotatable bonds is 6. The van der Waals surface area contributed by atoms with Crippen LogP contribution in [0.2, 0.25) is 0 Å². The van der Waals surface area contributed by atoms with E-state index in [0.717, 1.165) is 23.4 Å². The summed E-state index contributed by atoms with van der Waals surface area (Å²) in [7, 11) is 0. The first-order chi connectivity index (χ1) is 12.9. The van der Waals surface area contributed by atoms with E-state index in [2.05, 4.69) is 78.1 Å². The molecule has 0 saturated heterocycles. The van der Waals surface area contributed by atoms with Gasteiger partial charge in [0.05, 0.1) is 0 Å². The predicted octanol–water partition coefficient (Wildman–Crippen LogP) is 6.03. The molecule has 0 fully saturated rings. The molecule has 0 atom stereocenters.